The Morgan fingerprint density at radius 2 is 2.22 bits per heavy atom. The number of carbonyl (C=O) groups is 1. The Bertz CT molecular complexity index is 1190. The van der Waals surface area contributed by atoms with E-state index in [2.05, 4.69) is 42.6 Å². The van der Waals surface area contributed by atoms with Gasteiger partial charge in [-0.25, -0.2) is 0 Å². The van der Waals surface area contributed by atoms with Crippen LogP contribution in [0.5, 0.6) is 0 Å². The van der Waals surface area contributed by atoms with Gasteiger partial charge >= 0.3 is 0 Å². The van der Waals surface area contributed by atoms with Crippen molar-refractivity contribution in [2.75, 3.05) is 7.05 Å². The SMILES string of the molecule is CCn1nc(C(=O)N(C)Cc2ccoc2)c2c1CC[C@H](NCc1cc3ccccc3s1)C2. The van der Waals surface area contributed by atoms with E-state index in [1.165, 1.54) is 20.7 Å². The molecule has 6 nitrogen and oxygen atoms in total. The Labute approximate surface area is 191 Å². The minimum Gasteiger partial charge on any atom is -0.472 e. The van der Waals surface area contributed by atoms with Gasteiger partial charge in [0.1, 0.15) is 0 Å². The number of hydrogen-bond acceptors (Lipinski definition) is 5. The van der Waals surface area contributed by atoms with Gasteiger partial charge in [-0.3, -0.25) is 9.48 Å². The van der Waals surface area contributed by atoms with Gasteiger partial charge in [-0.2, -0.15) is 5.10 Å². The Morgan fingerprint density at radius 1 is 1.34 bits per heavy atom. The molecule has 0 aliphatic heterocycles. The molecule has 0 saturated heterocycles. The van der Waals surface area contributed by atoms with Crippen molar-refractivity contribution in [3.05, 3.63) is 76.3 Å². The number of benzene rings is 1. The number of fused-ring (bicyclic) bond motifs is 2. The first-order chi connectivity index (χ1) is 15.6. The monoisotopic (exact) mass is 448 g/mol. The number of nitrogens with one attached hydrogen (secondary N) is 1. The zero-order valence-electron chi connectivity index (χ0n) is 18.5. The number of carbonyl (C=O) groups excluding carboxylic acids is 1. The van der Waals surface area contributed by atoms with E-state index in [0.717, 1.165) is 43.5 Å². The maximum Gasteiger partial charge on any atom is 0.274 e. The second kappa shape index (κ2) is 8.92. The third-order valence-electron chi connectivity index (χ3n) is 6.24. The summed E-state index contributed by atoms with van der Waals surface area (Å²) in [4.78, 5) is 16.3. The Kier molecular flexibility index (Phi) is 5.85. The van der Waals surface area contributed by atoms with Crippen molar-refractivity contribution >= 4 is 27.3 Å². The number of nitrogens with zero attached hydrogens (tertiary/aromatic N) is 3. The molecule has 0 unspecified atom stereocenters. The number of amides is 1. The fraction of sp³-hybridized carbons (Fsp3) is 0.360. The summed E-state index contributed by atoms with van der Waals surface area (Å²) in [6.07, 6.45) is 6.15. The molecule has 166 valence electrons. The molecule has 3 aromatic heterocycles. The fourth-order valence-corrected chi connectivity index (χ4v) is 5.59. The normalized spacial score (nSPS) is 15.8. The van der Waals surface area contributed by atoms with Gasteiger partial charge in [-0.15, -0.1) is 11.3 Å². The molecule has 0 bridgehead atoms. The van der Waals surface area contributed by atoms with Crippen molar-refractivity contribution < 1.29 is 9.21 Å². The van der Waals surface area contributed by atoms with Crippen LogP contribution in [0.2, 0.25) is 0 Å². The molecular weight excluding hydrogens is 420 g/mol. The maximum absolute atomic E-state index is 13.3. The van der Waals surface area contributed by atoms with E-state index in [9.17, 15) is 4.79 Å². The van der Waals surface area contributed by atoms with Crippen molar-refractivity contribution in [3.8, 4) is 0 Å². The number of aromatic nitrogens is 2. The average molecular weight is 449 g/mol. The summed E-state index contributed by atoms with van der Waals surface area (Å²) in [5.41, 5.74) is 3.90. The van der Waals surface area contributed by atoms with Crippen LogP contribution in [0.25, 0.3) is 10.1 Å². The highest BCUT2D eigenvalue weighted by Crippen LogP contribution is 2.28. The van der Waals surface area contributed by atoms with E-state index in [0.29, 0.717) is 18.3 Å². The van der Waals surface area contributed by atoms with Gasteiger partial charge < -0.3 is 14.6 Å². The van der Waals surface area contributed by atoms with E-state index in [4.69, 9.17) is 9.52 Å². The predicted molar refractivity (Wildman–Crippen MR) is 127 cm³/mol. The lowest BCUT2D eigenvalue weighted by Crippen LogP contribution is -2.35. The van der Waals surface area contributed by atoms with Crippen LogP contribution in [0.15, 0.2) is 53.3 Å². The van der Waals surface area contributed by atoms with Gasteiger partial charge in [-0.05, 0) is 49.8 Å². The number of rotatable bonds is 7. The zero-order chi connectivity index (χ0) is 22.1. The van der Waals surface area contributed by atoms with Crippen molar-refractivity contribution in [2.45, 2.75) is 51.9 Å². The van der Waals surface area contributed by atoms with E-state index in [1.807, 2.05) is 29.1 Å². The third-order valence-corrected chi connectivity index (χ3v) is 7.35. The number of hydrogen-bond donors (Lipinski definition) is 1. The first-order valence-electron chi connectivity index (χ1n) is 11.2. The van der Waals surface area contributed by atoms with Gasteiger partial charge in [-0.1, -0.05) is 18.2 Å². The van der Waals surface area contributed by atoms with Gasteiger partial charge in [0.2, 0.25) is 0 Å². The van der Waals surface area contributed by atoms with Crippen LogP contribution >= 0.6 is 11.3 Å². The summed E-state index contributed by atoms with van der Waals surface area (Å²) in [6.45, 7) is 4.23. The Balaban J connectivity index is 1.31. The lowest BCUT2D eigenvalue weighted by Gasteiger charge is -2.25. The molecule has 1 amide bonds. The first-order valence-corrected chi connectivity index (χ1v) is 12.0. The van der Waals surface area contributed by atoms with Crippen LogP contribution in [0.4, 0.5) is 0 Å². The van der Waals surface area contributed by atoms with Gasteiger partial charge in [0.05, 0.1) is 12.5 Å². The topological polar surface area (TPSA) is 63.3 Å². The van der Waals surface area contributed by atoms with Crippen LogP contribution in [0.1, 0.15) is 45.5 Å². The summed E-state index contributed by atoms with van der Waals surface area (Å²) in [5, 5.41) is 9.76. The summed E-state index contributed by atoms with van der Waals surface area (Å²) >= 11 is 1.85. The van der Waals surface area contributed by atoms with E-state index >= 15 is 0 Å². The quantitative estimate of drug-likeness (QED) is 0.448. The highest BCUT2D eigenvalue weighted by Gasteiger charge is 2.30. The van der Waals surface area contributed by atoms with Gasteiger partial charge in [0.15, 0.2) is 5.69 Å². The molecule has 3 heterocycles. The second-order valence-corrected chi connectivity index (χ2v) is 9.62. The molecule has 1 aliphatic carbocycles. The number of thiophene rings is 1. The standard InChI is InChI=1S/C25H28N4O2S/c1-3-29-22-9-8-19(26-14-20-12-18-6-4-5-7-23(18)32-20)13-21(22)24(27-29)25(30)28(2)15-17-10-11-31-16-17/h4-7,10-12,16,19,26H,3,8-9,13-15H2,1-2H3/t19-/m0/s1. The molecular formula is C25H28N4O2S. The Hall–Kier alpha value is -2.90. The number of furan rings is 1. The molecule has 1 aliphatic rings. The molecule has 32 heavy (non-hydrogen) atoms. The minimum atomic E-state index is -0.0280. The van der Waals surface area contributed by atoms with Crippen LogP contribution in [0.3, 0.4) is 0 Å². The summed E-state index contributed by atoms with van der Waals surface area (Å²) in [5.74, 6) is -0.0280. The largest absolute Gasteiger partial charge is 0.472 e. The third kappa shape index (κ3) is 4.10. The fourth-order valence-electron chi connectivity index (χ4n) is 4.57. The highest BCUT2D eigenvalue weighted by atomic mass is 32.1. The molecule has 1 aromatic carbocycles. The molecule has 4 aromatic rings. The van der Waals surface area contributed by atoms with Gasteiger partial charge in [0, 0.05) is 59.1 Å². The predicted octanol–water partition coefficient (Wildman–Crippen LogP) is 4.63. The number of aryl methyl sites for hydroxylation is 1. The van der Waals surface area contributed by atoms with Crippen LogP contribution in [-0.2, 0) is 32.5 Å². The molecule has 0 radical (unpaired) electrons. The lowest BCUT2D eigenvalue weighted by molar-refractivity contribution is 0.0777. The highest BCUT2D eigenvalue weighted by molar-refractivity contribution is 7.19. The van der Waals surface area contributed by atoms with E-state index in [1.54, 1.807) is 17.4 Å². The summed E-state index contributed by atoms with van der Waals surface area (Å²) in [6, 6.07) is 13.0. The molecule has 7 heteroatoms. The van der Waals surface area contributed by atoms with Crippen LogP contribution in [0, 0.1) is 0 Å². The molecule has 1 N–H and O–H groups in total. The maximum atomic E-state index is 13.3. The smallest absolute Gasteiger partial charge is 0.274 e. The van der Waals surface area contributed by atoms with E-state index in [-0.39, 0.29) is 5.91 Å². The molecule has 0 fully saturated rings. The molecule has 0 saturated carbocycles. The van der Waals surface area contributed by atoms with Crippen LogP contribution in [-0.4, -0.2) is 33.7 Å². The van der Waals surface area contributed by atoms with Crippen LogP contribution < -0.4 is 5.32 Å². The Morgan fingerprint density at radius 3 is 3.00 bits per heavy atom. The van der Waals surface area contributed by atoms with E-state index < -0.39 is 0 Å². The van der Waals surface area contributed by atoms with Crippen molar-refractivity contribution in [1.82, 2.24) is 20.0 Å². The van der Waals surface area contributed by atoms with Crippen molar-refractivity contribution in [2.24, 2.45) is 0 Å². The van der Waals surface area contributed by atoms with Crippen molar-refractivity contribution in [1.29, 1.82) is 0 Å². The van der Waals surface area contributed by atoms with Crippen molar-refractivity contribution in [3.63, 3.8) is 0 Å². The summed E-state index contributed by atoms with van der Waals surface area (Å²) < 4.78 is 8.48. The summed E-state index contributed by atoms with van der Waals surface area (Å²) in [7, 11) is 1.83. The lowest BCUT2D eigenvalue weighted by atomic mass is 9.91. The first kappa shape index (κ1) is 21.0. The molecule has 0 spiro atoms. The average Bonchev–Trinajstić information content (AvgIpc) is 3.54. The molecule has 5 rings (SSSR count). The van der Waals surface area contributed by atoms with Gasteiger partial charge in [0.25, 0.3) is 5.91 Å². The minimum absolute atomic E-state index is 0.0280. The second-order valence-electron chi connectivity index (χ2n) is 8.45. The molecule has 1 atom stereocenters. The zero-order valence-corrected chi connectivity index (χ0v) is 19.3.